The number of piperidine rings is 1. The minimum atomic E-state index is -0.572. The summed E-state index contributed by atoms with van der Waals surface area (Å²) < 4.78 is 16.8. The van der Waals surface area contributed by atoms with E-state index in [4.69, 9.17) is 14.0 Å². The van der Waals surface area contributed by atoms with E-state index in [2.05, 4.69) is 27.1 Å². The molecule has 0 radical (unpaired) electrons. The first-order valence-electron chi connectivity index (χ1n) is 11.4. The summed E-state index contributed by atoms with van der Waals surface area (Å²) in [5.41, 5.74) is 2.98. The van der Waals surface area contributed by atoms with Gasteiger partial charge < -0.3 is 24.0 Å². The third kappa shape index (κ3) is 7.04. The lowest BCUT2D eigenvalue weighted by Gasteiger charge is -2.29. The number of aromatic nitrogens is 1. The first kappa shape index (κ1) is 23.7. The van der Waals surface area contributed by atoms with E-state index >= 15 is 0 Å². The monoisotopic (exact) mass is 431 g/mol. The van der Waals surface area contributed by atoms with Crippen molar-refractivity contribution in [3.8, 4) is 11.3 Å². The van der Waals surface area contributed by atoms with Gasteiger partial charge in [-0.25, -0.2) is 0 Å². The smallest absolute Gasteiger partial charge is 0.232 e. The molecule has 0 unspecified atom stereocenters. The van der Waals surface area contributed by atoms with Crippen molar-refractivity contribution in [1.82, 2.24) is 10.1 Å². The molecule has 1 aromatic carbocycles. The van der Waals surface area contributed by atoms with Gasteiger partial charge in [0.1, 0.15) is 5.69 Å². The number of hydrogen-bond donors (Lipinski definition) is 1. The molecule has 3 rings (SSSR count). The molecule has 172 valence electrons. The van der Waals surface area contributed by atoms with Gasteiger partial charge in [-0.2, -0.15) is 0 Å². The molecule has 7 heteroatoms. The van der Waals surface area contributed by atoms with E-state index in [1.807, 2.05) is 32.0 Å². The van der Waals surface area contributed by atoms with Crippen LogP contribution in [-0.4, -0.2) is 73.9 Å². The van der Waals surface area contributed by atoms with Crippen LogP contribution in [0.2, 0.25) is 0 Å². The summed E-state index contributed by atoms with van der Waals surface area (Å²) in [4.78, 5) is 4.51. The van der Waals surface area contributed by atoms with Gasteiger partial charge in [0, 0.05) is 45.4 Å². The molecule has 0 saturated carbocycles. The van der Waals surface area contributed by atoms with Gasteiger partial charge in [-0.3, -0.25) is 4.90 Å². The van der Waals surface area contributed by atoms with Gasteiger partial charge in [0.15, 0.2) is 0 Å². The molecule has 7 nitrogen and oxygen atoms in total. The molecule has 1 fully saturated rings. The lowest BCUT2D eigenvalue weighted by molar-refractivity contribution is -0.0121. The number of aliphatic hydroxyl groups excluding tert-OH is 1. The van der Waals surface area contributed by atoms with E-state index < -0.39 is 6.10 Å². The number of benzene rings is 1. The summed E-state index contributed by atoms with van der Waals surface area (Å²) in [5, 5.41) is 15.0. The Labute approximate surface area is 185 Å². The maximum Gasteiger partial charge on any atom is 0.232 e. The van der Waals surface area contributed by atoms with Crippen molar-refractivity contribution < 1.29 is 19.1 Å². The van der Waals surface area contributed by atoms with Crippen LogP contribution < -0.4 is 4.90 Å². The van der Waals surface area contributed by atoms with Crippen molar-refractivity contribution in [3.05, 3.63) is 35.9 Å². The molecule has 0 aliphatic carbocycles. The van der Waals surface area contributed by atoms with Crippen LogP contribution >= 0.6 is 0 Å². The second-order valence-electron chi connectivity index (χ2n) is 8.49. The largest absolute Gasteiger partial charge is 0.389 e. The number of methoxy groups -OCH3 is 1. The summed E-state index contributed by atoms with van der Waals surface area (Å²) in [6.07, 6.45) is 3.11. The first-order valence-corrected chi connectivity index (χ1v) is 11.4. The van der Waals surface area contributed by atoms with E-state index in [9.17, 15) is 5.11 Å². The number of aliphatic hydroxyl groups is 1. The van der Waals surface area contributed by atoms with Gasteiger partial charge in [0.2, 0.25) is 5.88 Å². The van der Waals surface area contributed by atoms with Gasteiger partial charge in [-0.1, -0.05) is 35.5 Å². The van der Waals surface area contributed by atoms with Crippen LogP contribution in [0.1, 0.15) is 38.7 Å². The number of hydrogen-bond acceptors (Lipinski definition) is 7. The molecule has 2 aromatic rings. The van der Waals surface area contributed by atoms with Crippen LogP contribution in [0.4, 0.5) is 5.88 Å². The van der Waals surface area contributed by atoms with Crippen molar-refractivity contribution in [2.24, 2.45) is 0 Å². The molecular weight excluding hydrogens is 394 g/mol. The Morgan fingerprint density at radius 2 is 1.90 bits per heavy atom. The van der Waals surface area contributed by atoms with Crippen molar-refractivity contribution in [3.63, 3.8) is 0 Å². The fourth-order valence-corrected chi connectivity index (χ4v) is 3.94. The fourth-order valence-electron chi connectivity index (χ4n) is 3.94. The van der Waals surface area contributed by atoms with Crippen LogP contribution in [0, 0.1) is 0 Å². The van der Waals surface area contributed by atoms with Crippen molar-refractivity contribution in [2.75, 3.05) is 51.4 Å². The van der Waals surface area contributed by atoms with Crippen LogP contribution in [0.15, 0.2) is 34.9 Å². The third-order valence-electron chi connectivity index (χ3n) is 5.54. The Kier molecular flexibility index (Phi) is 9.33. The van der Waals surface area contributed by atoms with E-state index in [0.717, 1.165) is 35.8 Å². The highest BCUT2D eigenvalue weighted by Gasteiger charge is 2.26. The van der Waals surface area contributed by atoms with Gasteiger partial charge in [-0.05, 0) is 33.1 Å². The van der Waals surface area contributed by atoms with E-state index in [-0.39, 0.29) is 6.10 Å². The predicted octanol–water partition coefficient (Wildman–Crippen LogP) is 3.57. The molecule has 0 spiro atoms. The molecule has 1 aromatic heterocycles. The summed E-state index contributed by atoms with van der Waals surface area (Å²) in [6, 6.07) is 10.2. The maximum absolute atomic E-state index is 10.5. The highest BCUT2D eigenvalue weighted by molar-refractivity contribution is 5.68. The normalized spacial score (nSPS) is 15.7. The van der Waals surface area contributed by atoms with Gasteiger partial charge >= 0.3 is 0 Å². The second kappa shape index (κ2) is 12.2. The van der Waals surface area contributed by atoms with E-state index in [1.165, 1.54) is 19.3 Å². The van der Waals surface area contributed by atoms with Crippen LogP contribution in [0.3, 0.4) is 0 Å². The van der Waals surface area contributed by atoms with Crippen LogP contribution in [0.5, 0.6) is 0 Å². The molecule has 1 aliphatic rings. The number of nitrogens with zero attached hydrogens (tertiary/aromatic N) is 3. The zero-order valence-electron chi connectivity index (χ0n) is 19.1. The van der Waals surface area contributed by atoms with Crippen molar-refractivity contribution in [2.45, 2.75) is 51.9 Å². The molecule has 31 heavy (non-hydrogen) atoms. The van der Waals surface area contributed by atoms with Crippen molar-refractivity contribution in [1.29, 1.82) is 0 Å². The van der Waals surface area contributed by atoms with Crippen LogP contribution in [-0.2, 0) is 16.0 Å². The molecule has 0 amide bonds. The number of rotatable bonds is 12. The number of ether oxygens (including phenoxy) is 2. The maximum atomic E-state index is 10.5. The zero-order valence-corrected chi connectivity index (χ0v) is 19.1. The Morgan fingerprint density at radius 1 is 1.16 bits per heavy atom. The summed E-state index contributed by atoms with van der Waals surface area (Å²) in [7, 11) is 1.70. The first-order chi connectivity index (χ1) is 15.1. The molecule has 1 saturated heterocycles. The zero-order chi connectivity index (χ0) is 22.1. The second-order valence-corrected chi connectivity index (χ2v) is 8.49. The summed E-state index contributed by atoms with van der Waals surface area (Å²) >= 11 is 0. The predicted molar refractivity (Wildman–Crippen MR) is 122 cm³/mol. The average Bonchev–Trinajstić information content (AvgIpc) is 3.20. The minimum Gasteiger partial charge on any atom is -0.389 e. The number of anilines is 1. The molecule has 1 aliphatic heterocycles. The fraction of sp³-hybridized carbons (Fsp3) is 0.625. The van der Waals surface area contributed by atoms with Gasteiger partial charge in [0.25, 0.3) is 0 Å². The van der Waals surface area contributed by atoms with Crippen molar-refractivity contribution >= 4 is 5.88 Å². The quantitative estimate of drug-likeness (QED) is 0.551. The lowest BCUT2D eigenvalue weighted by Crippen LogP contribution is -2.37. The molecule has 0 bridgehead atoms. The topological polar surface area (TPSA) is 71.2 Å². The molecular formula is C24H37N3O4. The summed E-state index contributed by atoms with van der Waals surface area (Å²) in [6.45, 7) is 8.65. The SMILES string of the molecule is COCCN(Cc1c(-c2ccccc2)noc1N1CCCCC1)C[C@@H](O)COC(C)C. The third-order valence-corrected chi connectivity index (χ3v) is 5.54. The van der Waals surface area contributed by atoms with Crippen LogP contribution in [0.25, 0.3) is 11.3 Å². The average molecular weight is 432 g/mol. The Bertz CT molecular complexity index is 759. The van der Waals surface area contributed by atoms with E-state index in [1.54, 1.807) is 7.11 Å². The highest BCUT2D eigenvalue weighted by Crippen LogP contribution is 2.33. The Balaban J connectivity index is 1.84. The minimum absolute atomic E-state index is 0.0931. The van der Waals surface area contributed by atoms with E-state index in [0.29, 0.717) is 32.8 Å². The highest BCUT2D eigenvalue weighted by atomic mass is 16.5. The lowest BCUT2D eigenvalue weighted by atomic mass is 10.1. The molecule has 2 heterocycles. The Hall–Kier alpha value is -1.93. The van der Waals surface area contributed by atoms with Gasteiger partial charge in [-0.15, -0.1) is 0 Å². The molecule has 1 atom stereocenters. The Morgan fingerprint density at radius 3 is 2.58 bits per heavy atom. The molecule has 1 N–H and O–H groups in total. The summed E-state index contributed by atoms with van der Waals surface area (Å²) in [5.74, 6) is 0.855. The van der Waals surface area contributed by atoms with Gasteiger partial charge in [0.05, 0.1) is 31.0 Å². The standard InChI is InChI=1S/C24H37N3O4/c1-19(2)30-18-21(28)16-26(14-15-29-3)17-22-23(20-10-6-4-7-11-20)25-31-24(22)27-12-8-5-9-13-27/h4,6-7,10-11,19,21,28H,5,8-9,12-18H2,1-3H3/t21-/m1/s1.